The van der Waals surface area contributed by atoms with Crippen molar-refractivity contribution >= 4 is 5.91 Å². The first-order valence-electron chi connectivity index (χ1n) is 8.63. The second kappa shape index (κ2) is 5.69. The van der Waals surface area contributed by atoms with E-state index in [4.69, 9.17) is 4.74 Å². The summed E-state index contributed by atoms with van der Waals surface area (Å²) in [5.41, 5.74) is 1.21. The van der Waals surface area contributed by atoms with E-state index in [2.05, 4.69) is 5.32 Å². The maximum absolute atomic E-state index is 12.3. The van der Waals surface area contributed by atoms with E-state index in [9.17, 15) is 4.79 Å². The lowest BCUT2D eigenvalue weighted by Gasteiger charge is -2.56. The van der Waals surface area contributed by atoms with Crippen LogP contribution in [0.5, 0.6) is 0 Å². The molecule has 4 aliphatic carbocycles. The molecule has 4 aliphatic rings. The van der Waals surface area contributed by atoms with Crippen molar-refractivity contribution in [2.24, 2.45) is 17.8 Å². The first-order chi connectivity index (χ1) is 10.7. The quantitative estimate of drug-likeness (QED) is 0.906. The zero-order valence-electron chi connectivity index (χ0n) is 13.1. The second-order valence-corrected chi connectivity index (χ2v) is 7.72. The zero-order chi connectivity index (χ0) is 15.0. The van der Waals surface area contributed by atoms with Gasteiger partial charge in [-0.3, -0.25) is 4.79 Å². The van der Waals surface area contributed by atoms with Crippen LogP contribution in [0.1, 0.15) is 44.1 Å². The topological polar surface area (TPSA) is 38.3 Å². The number of nitrogens with one attached hydrogen (secondary N) is 1. The average molecular weight is 299 g/mol. The van der Waals surface area contributed by atoms with Gasteiger partial charge in [-0.1, -0.05) is 30.3 Å². The summed E-state index contributed by atoms with van der Waals surface area (Å²) in [6.45, 7) is 0.686. The zero-order valence-corrected chi connectivity index (χ0v) is 13.1. The minimum atomic E-state index is 0.0675. The molecule has 0 spiro atoms. The van der Waals surface area contributed by atoms with Crippen molar-refractivity contribution in [3.05, 3.63) is 35.9 Å². The fraction of sp³-hybridized carbons (Fsp3) is 0.632. The predicted molar refractivity (Wildman–Crippen MR) is 85.1 cm³/mol. The van der Waals surface area contributed by atoms with Crippen molar-refractivity contribution in [1.29, 1.82) is 0 Å². The molecule has 0 aliphatic heterocycles. The van der Waals surface area contributed by atoms with Crippen LogP contribution >= 0.6 is 0 Å². The van der Waals surface area contributed by atoms with Crippen LogP contribution in [0.4, 0.5) is 0 Å². The number of rotatable bonds is 5. The third kappa shape index (κ3) is 2.91. The maximum atomic E-state index is 12.3. The van der Waals surface area contributed by atoms with E-state index in [0.717, 1.165) is 23.3 Å². The summed E-state index contributed by atoms with van der Waals surface area (Å²) < 4.78 is 5.58. The molecule has 1 N–H and O–H groups in total. The molecule has 0 heterocycles. The summed E-state index contributed by atoms with van der Waals surface area (Å²) in [7, 11) is 0. The fourth-order valence-electron chi connectivity index (χ4n) is 5.43. The fourth-order valence-corrected chi connectivity index (χ4v) is 5.43. The summed E-state index contributed by atoms with van der Waals surface area (Å²) in [6, 6.07) is 10.0. The minimum Gasteiger partial charge on any atom is -0.367 e. The minimum absolute atomic E-state index is 0.0675. The van der Waals surface area contributed by atoms with Crippen LogP contribution in [0, 0.1) is 17.8 Å². The third-order valence-electron chi connectivity index (χ3n) is 5.79. The monoisotopic (exact) mass is 299 g/mol. The van der Waals surface area contributed by atoms with Gasteiger partial charge in [0.2, 0.25) is 5.91 Å². The molecular formula is C19H25NO2. The highest BCUT2D eigenvalue weighted by molar-refractivity contribution is 5.78. The van der Waals surface area contributed by atoms with Gasteiger partial charge in [-0.25, -0.2) is 0 Å². The van der Waals surface area contributed by atoms with Gasteiger partial charge in [-0.05, 0) is 61.8 Å². The SMILES string of the molecule is O=C(COCc1ccccc1)NC12CC3CC(CC(C3)C1)C2. The molecule has 1 amide bonds. The van der Waals surface area contributed by atoms with Gasteiger partial charge < -0.3 is 10.1 Å². The molecule has 0 aromatic heterocycles. The largest absolute Gasteiger partial charge is 0.367 e. The normalized spacial score (nSPS) is 35.5. The van der Waals surface area contributed by atoms with Gasteiger partial charge in [-0.15, -0.1) is 0 Å². The predicted octanol–water partition coefficient (Wildman–Crippen LogP) is 3.29. The molecule has 3 nitrogen and oxygen atoms in total. The number of benzene rings is 1. The van der Waals surface area contributed by atoms with E-state index in [-0.39, 0.29) is 18.1 Å². The van der Waals surface area contributed by atoms with Crippen LogP contribution in [0.2, 0.25) is 0 Å². The van der Waals surface area contributed by atoms with Gasteiger partial charge in [0.15, 0.2) is 0 Å². The second-order valence-electron chi connectivity index (χ2n) is 7.72. The molecular weight excluding hydrogens is 274 g/mol. The summed E-state index contributed by atoms with van der Waals surface area (Å²) in [5, 5.41) is 3.35. The smallest absolute Gasteiger partial charge is 0.246 e. The van der Waals surface area contributed by atoms with E-state index in [1.807, 2.05) is 30.3 Å². The van der Waals surface area contributed by atoms with Gasteiger partial charge in [0.25, 0.3) is 0 Å². The van der Waals surface area contributed by atoms with E-state index in [1.54, 1.807) is 0 Å². The Balaban J connectivity index is 1.29. The van der Waals surface area contributed by atoms with Gasteiger partial charge in [0.1, 0.15) is 6.61 Å². The van der Waals surface area contributed by atoms with Gasteiger partial charge in [0.05, 0.1) is 6.61 Å². The van der Waals surface area contributed by atoms with Crippen molar-refractivity contribution < 1.29 is 9.53 Å². The molecule has 1 aromatic carbocycles. The molecule has 0 atom stereocenters. The average Bonchev–Trinajstić information content (AvgIpc) is 2.46. The van der Waals surface area contributed by atoms with Crippen molar-refractivity contribution in [3.63, 3.8) is 0 Å². The summed E-state index contributed by atoms with van der Waals surface area (Å²) >= 11 is 0. The lowest BCUT2D eigenvalue weighted by molar-refractivity contribution is -0.131. The Labute approximate surface area is 132 Å². The Morgan fingerprint density at radius 1 is 1.05 bits per heavy atom. The number of carbonyl (C=O) groups is 1. The van der Waals surface area contributed by atoms with Crippen LogP contribution < -0.4 is 5.32 Å². The lowest BCUT2D eigenvalue weighted by atomic mass is 9.53. The molecule has 3 heteroatoms. The van der Waals surface area contributed by atoms with Crippen molar-refractivity contribution in [2.75, 3.05) is 6.61 Å². The standard InChI is InChI=1S/C19H25NO2/c21-18(13-22-12-14-4-2-1-3-5-14)20-19-9-15-6-16(10-19)8-17(7-15)11-19/h1-5,15-17H,6-13H2,(H,20,21). The van der Waals surface area contributed by atoms with Gasteiger partial charge >= 0.3 is 0 Å². The lowest BCUT2D eigenvalue weighted by Crippen LogP contribution is -2.60. The Morgan fingerprint density at radius 2 is 1.64 bits per heavy atom. The molecule has 22 heavy (non-hydrogen) atoms. The number of hydrogen-bond acceptors (Lipinski definition) is 2. The van der Waals surface area contributed by atoms with Crippen molar-refractivity contribution in [1.82, 2.24) is 5.32 Å². The summed E-state index contributed by atoms with van der Waals surface area (Å²) in [5.74, 6) is 2.64. The Kier molecular flexibility index (Phi) is 3.69. The molecule has 118 valence electrons. The van der Waals surface area contributed by atoms with Crippen LogP contribution in [0.3, 0.4) is 0 Å². The van der Waals surface area contributed by atoms with E-state index >= 15 is 0 Å². The summed E-state index contributed by atoms with van der Waals surface area (Å²) in [6.07, 6.45) is 7.80. The number of hydrogen-bond donors (Lipinski definition) is 1. The van der Waals surface area contributed by atoms with E-state index in [0.29, 0.717) is 6.61 Å². The Bertz CT molecular complexity index is 504. The van der Waals surface area contributed by atoms with Crippen molar-refractivity contribution in [3.8, 4) is 0 Å². The van der Waals surface area contributed by atoms with Crippen LogP contribution in [0.15, 0.2) is 30.3 Å². The van der Waals surface area contributed by atoms with Gasteiger partial charge in [0, 0.05) is 5.54 Å². The third-order valence-corrected chi connectivity index (χ3v) is 5.79. The summed E-state index contributed by atoms with van der Waals surface area (Å²) in [4.78, 5) is 12.3. The number of ether oxygens (including phenoxy) is 1. The Morgan fingerprint density at radius 3 is 2.23 bits per heavy atom. The molecule has 0 unspecified atom stereocenters. The Hall–Kier alpha value is -1.35. The highest BCUT2D eigenvalue weighted by Crippen LogP contribution is 2.55. The number of carbonyl (C=O) groups excluding carboxylic acids is 1. The molecule has 4 fully saturated rings. The van der Waals surface area contributed by atoms with E-state index < -0.39 is 0 Å². The molecule has 5 rings (SSSR count). The highest BCUT2D eigenvalue weighted by Gasteiger charge is 2.51. The highest BCUT2D eigenvalue weighted by atomic mass is 16.5. The molecule has 0 saturated heterocycles. The van der Waals surface area contributed by atoms with Crippen molar-refractivity contribution in [2.45, 2.75) is 50.7 Å². The first-order valence-corrected chi connectivity index (χ1v) is 8.63. The molecule has 4 saturated carbocycles. The van der Waals surface area contributed by atoms with Crippen LogP contribution in [-0.2, 0) is 16.1 Å². The first kappa shape index (κ1) is 14.3. The van der Waals surface area contributed by atoms with Gasteiger partial charge in [-0.2, -0.15) is 0 Å². The number of amides is 1. The van der Waals surface area contributed by atoms with E-state index in [1.165, 1.54) is 38.5 Å². The molecule has 1 aromatic rings. The molecule has 0 radical (unpaired) electrons. The molecule has 4 bridgehead atoms. The van der Waals surface area contributed by atoms with Crippen LogP contribution in [0.25, 0.3) is 0 Å². The maximum Gasteiger partial charge on any atom is 0.246 e. The van der Waals surface area contributed by atoms with Crippen LogP contribution in [-0.4, -0.2) is 18.1 Å².